The molecule has 0 saturated heterocycles. The van der Waals surface area contributed by atoms with Crippen LogP contribution in [0.25, 0.3) is 0 Å². The van der Waals surface area contributed by atoms with Crippen molar-refractivity contribution >= 4 is 29.9 Å². The van der Waals surface area contributed by atoms with Gasteiger partial charge in [0.2, 0.25) is 0 Å². The molecule has 0 aliphatic rings. The number of hydrogen-bond acceptors (Lipinski definition) is 2. The van der Waals surface area contributed by atoms with Gasteiger partial charge in [0.1, 0.15) is 17.7 Å². The van der Waals surface area contributed by atoms with Crippen LogP contribution >= 0.6 is 24.0 Å². The SMILES string of the molecule is CCNC(=NCC(C)Oc1ccc(F)cc1)NC(C)CC.I. The van der Waals surface area contributed by atoms with E-state index in [4.69, 9.17) is 4.74 Å². The molecule has 0 aliphatic heterocycles. The Kier molecular flexibility index (Phi) is 11.0. The fourth-order valence-corrected chi connectivity index (χ4v) is 1.66. The Balaban J connectivity index is 0.00000441. The molecule has 1 aromatic rings. The van der Waals surface area contributed by atoms with E-state index in [1.807, 2.05) is 13.8 Å². The highest BCUT2D eigenvalue weighted by Gasteiger charge is 2.06. The predicted octanol–water partition coefficient (Wildman–Crippen LogP) is 3.56. The summed E-state index contributed by atoms with van der Waals surface area (Å²) in [4.78, 5) is 4.51. The van der Waals surface area contributed by atoms with E-state index < -0.39 is 0 Å². The van der Waals surface area contributed by atoms with Crippen molar-refractivity contribution in [1.82, 2.24) is 10.6 Å². The third kappa shape index (κ3) is 8.41. The van der Waals surface area contributed by atoms with Gasteiger partial charge in [-0.25, -0.2) is 9.38 Å². The summed E-state index contributed by atoms with van der Waals surface area (Å²) in [6.07, 6.45) is 0.953. The highest BCUT2D eigenvalue weighted by Crippen LogP contribution is 2.13. The summed E-state index contributed by atoms with van der Waals surface area (Å²) in [6, 6.07) is 6.40. The molecule has 4 nitrogen and oxygen atoms in total. The molecular formula is C16H27FIN3O. The molecule has 0 spiro atoms. The molecule has 2 N–H and O–H groups in total. The molecule has 22 heavy (non-hydrogen) atoms. The van der Waals surface area contributed by atoms with Gasteiger partial charge < -0.3 is 15.4 Å². The Morgan fingerprint density at radius 1 is 1.23 bits per heavy atom. The van der Waals surface area contributed by atoms with Crippen molar-refractivity contribution in [2.45, 2.75) is 46.3 Å². The molecule has 0 amide bonds. The molecule has 2 atom stereocenters. The standard InChI is InChI=1S/C16H26FN3O.HI/c1-5-12(3)20-16(18-6-2)19-11-13(4)21-15-9-7-14(17)8-10-15;/h7-10,12-13H,5-6,11H2,1-4H3,(H2,18,19,20);1H. The maximum Gasteiger partial charge on any atom is 0.191 e. The quantitative estimate of drug-likeness (QED) is 0.401. The Morgan fingerprint density at radius 2 is 1.86 bits per heavy atom. The second-order valence-electron chi connectivity index (χ2n) is 5.06. The van der Waals surface area contributed by atoms with Gasteiger partial charge in [-0.3, -0.25) is 0 Å². The summed E-state index contributed by atoms with van der Waals surface area (Å²) in [5.41, 5.74) is 0. The number of nitrogens with one attached hydrogen (secondary N) is 2. The van der Waals surface area contributed by atoms with E-state index in [9.17, 15) is 4.39 Å². The fraction of sp³-hybridized carbons (Fsp3) is 0.562. The van der Waals surface area contributed by atoms with Gasteiger partial charge in [0.05, 0.1) is 6.54 Å². The summed E-state index contributed by atoms with van der Waals surface area (Å²) < 4.78 is 18.5. The summed E-state index contributed by atoms with van der Waals surface area (Å²) in [5.74, 6) is 1.18. The molecule has 0 bridgehead atoms. The van der Waals surface area contributed by atoms with E-state index in [1.54, 1.807) is 12.1 Å². The average molecular weight is 423 g/mol. The molecule has 0 fully saturated rings. The van der Waals surface area contributed by atoms with Crippen LogP contribution in [0.4, 0.5) is 4.39 Å². The summed E-state index contributed by atoms with van der Waals surface area (Å²) in [7, 11) is 0. The van der Waals surface area contributed by atoms with Crippen molar-refractivity contribution in [3.63, 3.8) is 0 Å². The second-order valence-corrected chi connectivity index (χ2v) is 5.06. The first-order valence-corrected chi connectivity index (χ1v) is 7.52. The topological polar surface area (TPSA) is 45.7 Å². The van der Waals surface area contributed by atoms with E-state index in [0.717, 1.165) is 18.9 Å². The zero-order valence-electron chi connectivity index (χ0n) is 13.7. The Morgan fingerprint density at radius 3 is 2.41 bits per heavy atom. The summed E-state index contributed by atoms with van der Waals surface area (Å²) >= 11 is 0. The molecule has 0 aliphatic carbocycles. The van der Waals surface area contributed by atoms with Crippen molar-refractivity contribution in [2.75, 3.05) is 13.1 Å². The Labute approximate surface area is 149 Å². The van der Waals surface area contributed by atoms with Gasteiger partial charge >= 0.3 is 0 Å². The van der Waals surface area contributed by atoms with E-state index in [0.29, 0.717) is 18.3 Å². The van der Waals surface area contributed by atoms with Crippen LogP contribution in [0.5, 0.6) is 5.75 Å². The summed E-state index contributed by atoms with van der Waals surface area (Å²) in [6.45, 7) is 9.57. The van der Waals surface area contributed by atoms with Crippen molar-refractivity contribution in [2.24, 2.45) is 4.99 Å². The number of guanidine groups is 1. The van der Waals surface area contributed by atoms with Crippen LogP contribution in [0.15, 0.2) is 29.3 Å². The lowest BCUT2D eigenvalue weighted by molar-refractivity contribution is 0.230. The smallest absolute Gasteiger partial charge is 0.191 e. The molecule has 0 aromatic heterocycles. The lowest BCUT2D eigenvalue weighted by Gasteiger charge is -2.18. The zero-order chi connectivity index (χ0) is 15.7. The van der Waals surface area contributed by atoms with Gasteiger partial charge in [-0.05, 0) is 51.5 Å². The molecule has 1 rings (SSSR count). The van der Waals surface area contributed by atoms with Crippen molar-refractivity contribution in [3.05, 3.63) is 30.1 Å². The molecule has 2 unspecified atom stereocenters. The lowest BCUT2D eigenvalue weighted by atomic mass is 10.3. The Bertz CT molecular complexity index is 440. The van der Waals surface area contributed by atoms with E-state index in [2.05, 4.69) is 29.5 Å². The molecular weight excluding hydrogens is 396 g/mol. The first kappa shape index (κ1) is 20.9. The second kappa shape index (κ2) is 11.5. The largest absolute Gasteiger partial charge is 0.489 e. The van der Waals surface area contributed by atoms with Crippen molar-refractivity contribution < 1.29 is 9.13 Å². The number of ether oxygens (including phenoxy) is 1. The molecule has 0 heterocycles. The molecule has 0 radical (unpaired) electrons. The normalized spacial score (nSPS) is 13.8. The fourth-order valence-electron chi connectivity index (χ4n) is 1.66. The van der Waals surface area contributed by atoms with Gasteiger partial charge in [0.15, 0.2) is 5.96 Å². The zero-order valence-corrected chi connectivity index (χ0v) is 16.1. The van der Waals surface area contributed by atoms with Crippen molar-refractivity contribution in [1.29, 1.82) is 0 Å². The van der Waals surface area contributed by atoms with Crippen LogP contribution in [0.3, 0.4) is 0 Å². The van der Waals surface area contributed by atoms with E-state index >= 15 is 0 Å². The van der Waals surface area contributed by atoms with Gasteiger partial charge in [-0.1, -0.05) is 6.92 Å². The Hall–Kier alpha value is -1.05. The monoisotopic (exact) mass is 423 g/mol. The first-order chi connectivity index (χ1) is 10.0. The number of benzene rings is 1. The van der Waals surface area contributed by atoms with Crippen LogP contribution in [0.2, 0.25) is 0 Å². The number of nitrogens with zero attached hydrogens (tertiary/aromatic N) is 1. The molecule has 126 valence electrons. The van der Waals surface area contributed by atoms with Crippen LogP contribution < -0.4 is 15.4 Å². The number of aliphatic imine (C=N–C) groups is 1. The highest BCUT2D eigenvalue weighted by molar-refractivity contribution is 14.0. The van der Waals surface area contributed by atoms with E-state index in [1.165, 1.54) is 12.1 Å². The average Bonchev–Trinajstić information content (AvgIpc) is 2.47. The minimum atomic E-state index is -0.264. The molecule has 1 aromatic carbocycles. The van der Waals surface area contributed by atoms with Crippen LogP contribution in [-0.4, -0.2) is 31.2 Å². The first-order valence-electron chi connectivity index (χ1n) is 7.52. The van der Waals surface area contributed by atoms with Crippen LogP contribution in [0, 0.1) is 5.82 Å². The van der Waals surface area contributed by atoms with Crippen molar-refractivity contribution in [3.8, 4) is 5.75 Å². The molecule has 6 heteroatoms. The maximum atomic E-state index is 12.8. The summed E-state index contributed by atoms with van der Waals surface area (Å²) in [5, 5.41) is 6.54. The minimum absolute atomic E-state index is 0. The van der Waals surface area contributed by atoms with Crippen LogP contribution in [0.1, 0.15) is 34.1 Å². The van der Waals surface area contributed by atoms with Gasteiger partial charge in [0.25, 0.3) is 0 Å². The number of rotatable bonds is 7. The highest BCUT2D eigenvalue weighted by atomic mass is 127. The van der Waals surface area contributed by atoms with E-state index in [-0.39, 0.29) is 35.9 Å². The molecule has 0 saturated carbocycles. The van der Waals surface area contributed by atoms with Crippen LogP contribution in [-0.2, 0) is 0 Å². The minimum Gasteiger partial charge on any atom is -0.489 e. The van der Waals surface area contributed by atoms with Gasteiger partial charge in [-0.15, -0.1) is 24.0 Å². The number of halogens is 2. The number of hydrogen-bond donors (Lipinski definition) is 2. The predicted molar refractivity (Wildman–Crippen MR) is 101 cm³/mol. The third-order valence-electron chi connectivity index (χ3n) is 3.00. The third-order valence-corrected chi connectivity index (χ3v) is 3.00. The lowest BCUT2D eigenvalue weighted by Crippen LogP contribution is -2.42. The maximum absolute atomic E-state index is 12.8. The van der Waals surface area contributed by atoms with Gasteiger partial charge in [-0.2, -0.15) is 0 Å². The van der Waals surface area contributed by atoms with Gasteiger partial charge in [0, 0.05) is 12.6 Å².